The molecule has 7 rings (SSSR count). The molecule has 4 aromatic carbocycles. The van der Waals surface area contributed by atoms with Crippen LogP contribution >= 0.6 is 0 Å². The first kappa shape index (κ1) is 29.4. The van der Waals surface area contributed by atoms with Gasteiger partial charge in [0.25, 0.3) is 6.43 Å². The summed E-state index contributed by atoms with van der Waals surface area (Å²) in [6.07, 6.45) is 3.06. The second kappa shape index (κ2) is 11.2. The topological polar surface area (TPSA) is 44.9 Å². The standard InChI is InChI=1S/C39H34F2N4O/c1-24-17-26(38(40)41)18-25(2)37(24)27-22-43-44(23-27)29-9-8-10-30(20-29)46-31-13-14-33-32-11-6-7-12-34(32)45(35(33)21-31)36-19-28(15-16-42-36)39(3,4)5/h6-23,38H,1-5H3. The molecule has 0 saturated heterocycles. The molecule has 0 unspecified atom stereocenters. The summed E-state index contributed by atoms with van der Waals surface area (Å²) < 4.78 is 37.1. The first-order valence-corrected chi connectivity index (χ1v) is 15.3. The molecule has 3 heterocycles. The van der Waals surface area contributed by atoms with Gasteiger partial charge in [0.05, 0.1) is 22.9 Å². The summed E-state index contributed by atoms with van der Waals surface area (Å²) in [4.78, 5) is 4.78. The van der Waals surface area contributed by atoms with Crippen molar-refractivity contribution in [3.63, 3.8) is 0 Å². The Labute approximate surface area is 266 Å². The van der Waals surface area contributed by atoms with E-state index < -0.39 is 6.43 Å². The second-order valence-electron chi connectivity index (χ2n) is 12.8. The fraction of sp³-hybridized carbons (Fsp3) is 0.179. The number of alkyl halides is 2. The van der Waals surface area contributed by atoms with Crippen molar-refractivity contribution in [1.82, 2.24) is 19.3 Å². The van der Waals surface area contributed by atoms with Gasteiger partial charge in [0.1, 0.15) is 17.3 Å². The van der Waals surface area contributed by atoms with Gasteiger partial charge in [-0.1, -0.05) is 45.0 Å². The lowest BCUT2D eigenvalue weighted by atomic mass is 9.88. The number of rotatable bonds is 6. The molecule has 0 atom stereocenters. The molecule has 0 N–H and O–H groups in total. The zero-order valence-corrected chi connectivity index (χ0v) is 26.4. The first-order chi connectivity index (χ1) is 22.1. The molecule has 0 radical (unpaired) electrons. The summed E-state index contributed by atoms with van der Waals surface area (Å²) in [5.74, 6) is 2.23. The van der Waals surface area contributed by atoms with E-state index in [4.69, 9.17) is 9.72 Å². The van der Waals surface area contributed by atoms with Crippen LogP contribution in [-0.2, 0) is 5.41 Å². The zero-order chi connectivity index (χ0) is 32.2. The van der Waals surface area contributed by atoms with Gasteiger partial charge in [0.2, 0.25) is 0 Å². The van der Waals surface area contributed by atoms with Crippen LogP contribution in [0.1, 0.15) is 49.5 Å². The van der Waals surface area contributed by atoms with Gasteiger partial charge in [-0.3, -0.25) is 4.57 Å². The number of aryl methyl sites for hydroxylation is 2. The van der Waals surface area contributed by atoms with Crippen LogP contribution in [0.5, 0.6) is 11.5 Å². The maximum atomic E-state index is 13.3. The average Bonchev–Trinajstić information content (AvgIpc) is 3.63. The van der Waals surface area contributed by atoms with Crippen LogP contribution in [0.3, 0.4) is 0 Å². The summed E-state index contributed by atoms with van der Waals surface area (Å²) in [6, 6.07) is 29.6. The maximum absolute atomic E-state index is 13.3. The minimum Gasteiger partial charge on any atom is -0.457 e. The van der Waals surface area contributed by atoms with E-state index in [-0.39, 0.29) is 11.0 Å². The maximum Gasteiger partial charge on any atom is 0.263 e. The summed E-state index contributed by atoms with van der Waals surface area (Å²) in [7, 11) is 0. The van der Waals surface area contributed by atoms with Gasteiger partial charge in [-0.2, -0.15) is 5.10 Å². The lowest BCUT2D eigenvalue weighted by molar-refractivity contribution is 0.151. The Kier molecular flexibility index (Phi) is 7.19. The molecule has 3 aromatic heterocycles. The number of pyridine rings is 1. The number of ether oxygens (including phenoxy) is 1. The molecule has 46 heavy (non-hydrogen) atoms. The molecule has 7 heteroatoms. The molecule has 230 valence electrons. The number of para-hydroxylation sites is 1. The lowest BCUT2D eigenvalue weighted by Gasteiger charge is -2.20. The Bertz CT molecular complexity index is 2220. The number of hydrogen-bond donors (Lipinski definition) is 0. The summed E-state index contributed by atoms with van der Waals surface area (Å²) in [5, 5.41) is 6.86. The Hall–Kier alpha value is -5.30. The van der Waals surface area contributed by atoms with Crippen molar-refractivity contribution in [2.24, 2.45) is 0 Å². The molecule has 0 amide bonds. The third kappa shape index (κ3) is 5.32. The van der Waals surface area contributed by atoms with Crippen LogP contribution in [0.25, 0.3) is 44.4 Å². The van der Waals surface area contributed by atoms with Crippen molar-refractivity contribution in [3.8, 4) is 34.1 Å². The van der Waals surface area contributed by atoms with Crippen LogP contribution in [-0.4, -0.2) is 19.3 Å². The molecule has 0 aliphatic heterocycles. The number of hydrogen-bond acceptors (Lipinski definition) is 3. The third-order valence-corrected chi connectivity index (χ3v) is 8.48. The largest absolute Gasteiger partial charge is 0.457 e. The highest BCUT2D eigenvalue weighted by Crippen LogP contribution is 2.36. The molecular formula is C39H34F2N4O. The van der Waals surface area contributed by atoms with Crippen molar-refractivity contribution in [3.05, 3.63) is 132 Å². The number of aromatic nitrogens is 4. The van der Waals surface area contributed by atoms with Crippen LogP contribution in [0, 0.1) is 13.8 Å². The first-order valence-electron chi connectivity index (χ1n) is 15.3. The highest BCUT2D eigenvalue weighted by Gasteiger charge is 2.19. The van der Waals surface area contributed by atoms with E-state index in [0.717, 1.165) is 55.6 Å². The Morgan fingerprint density at radius 2 is 1.50 bits per heavy atom. The highest BCUT2D eigenvalue weighted by molar-refractivity contribution is 6.09. The van der Waals surface area contributed by atoms with Crippen LogP contribution in [0.4, 0.5) is 8.78 Å². The van der Waals surface area contributed by atoms with E-state index in [9.17, 15) is 8.78 Å². The predicted octanol–water partition coefficient (Wildman–Crippen LogP) is 10.7. The zero-order valence-electron chi connectivity index (χ0n) is 26.4. The highest BCUT2D eigenvalue weighted by atomic mass is 19.3. The van der Waals surface area contributed by atoms with Crippen molar-refractivity contribution in [1.29, 1.82) is 0 Å². The predicted molar refractivity (Wildman–Crippen MR) is 181 cm³/mol. The normalized spacial score (nSPS) is 12.0. The van der Waals surface area contributed by atoms with Crippen LogP contribution < -0.4 is 4.74 Å². The van der Waals surface area contributed by atoms with Crippen LogP contribution in [0.2, 0.25) is 0 Å². The van der Waals surface area contributed by atoms with Crippen molar-refractivity contribution >= 4 is 21.8 Å². The molecular weight excluding hydrogens is 578 g/mol. The Balaban J connectivity index is 1.24. The van der Waals surface area contributed by atoms with E-state index in [1.807, 2.05) is 56.6 Å². The van der Waals surface area contributed by atoms with Gasteiger partial charge in [0.15, 0.2) is 0 Å². The third-order valence-electron chi connectivity index (χ3n) is 8.48. The van der Waals surface area contributed by atoms with Gasteiger partial charge < -0.3 is 4.74 Å². The Morgan fingerprint density at radius 1 is 0.761 bits per heavy atom. The van der Waals surface area contributed by atoms with E-state index in [2.05, 4.69) is 79.0 Å². The monoisotopic (exact) mass is 612 g/mol. The van der Waals surface area contributed by atoms with E-state index in [0.29, 0.717) is 11.5 Å². The van der Waals surface area contributed by atoms with E-state index in [1.165, 1.54) is 5.56 Å². The molecule has 0 aliphatic carbocycles. The summed E-state index contributed by atoms with van der Waals surface area (Å²) in [5.41, 5.74) is 7.50. The number of fused-ring (bicyclic) bond motifs is 3. The lowest BCUT2D eigenvalue weighted by Crippen LogP contribution is -2.12. The minimum atomic E-state index is -2.50. The van der Waals surface area contributed by atoms with Crippen molar-refractivity contribution in [2.45, 2.75) is 46.5 Å². The SMILES string of the molecule is Cc1cc(C(F)F)cc(C)c1-c1cnn(-c2cccc(Oc3ccc4c5ccccc5n(-c5cc(C(C)(C)C)ccn5)c4c3)c2)c1. The number of nitrogens with zero attached hydrogens (tertiary/aromatic N) is 4. The summed E-state index contributed by atoms with van der Waals surface area (Å²) >= 11 is 0. The van der Waals surface area contributed by atoms with Gasteiger partial charge in [-0.15, -0.1) is 0 Å². The molecule has 5 nitrogen and oxygen atoms in total. The van der Waals surface area contributed by atoms with E-state index in [1.54, 1.807) is 23.0 Å². The van der Waals surface area contributed by atoms with Gasteiger partial charge in [0, 0.05) is 46.4 Å². The fourth-order valence-electron chi connectivity index (χ4n) is 6.26. The van der Waals surface area contributed by atoms with Crippen molar-refractivity contribution < 1.29 is 13.5 Å². The smallest absolute Gasteiger partial charge is 0.263 e. The summed E-state index contributed by atoms with van der Waals surface area (Å²) in [6.45, 7) is 10.3. The average molecular weight is 613 g/mol. The molecule has 0 saturated carbocycles. The van der Waals surface area contributed by atoms with E-state index >= 15 is 0 Å². The molecule has 0 spiro atoms. The van der Waals surface area contributed by atoms with Gasteiger partial charge in [-0.25, -0.2) is 18.4 Å². The quantitative estimate of drug-likeness (QED) is 0.188. The molecule has 0 bridgehead atoms. The number of benzene rings is 4. The number of halogens is 2. The minimum absolute atomic E-state index is 0.0122. The van der Waals surface area contributed by atoms with Gasteiger partial charge >= 0.3 is 0 Å². The molecule has 0 fully saturated rings. The fourth-order valence-corrected chi connectivity index (χ4v) is 6.26. The molecule has 0 aliphatic rings. The molecule has 7 aromatic rings. The van der Waals surface area contributed by atoms with Gasteiger partial charge in [-0.05, 0) is 96.1 Å². The van der Waals surface area contributed by atoms with Crippen molar-refractivity contribution in [2.75, 3.05) is 0 Å². The Morgan fingerprint density at radius 3 is 2.26 bits per heavy atom. The second-order valence-corrected chi connectivity index (χ2v) is 12.8. The van der Waals surface area contributed by atoms with Crippen LogP contribution in [0.15, 0.2) is 110 Å².